The number of carbonyl (C=O) groups excluding carboxylic acids is 3. The van der Waals surface area contributed by atoms with Gasteiger partial charge in [-0.1, -0.05) is 55.7 Å². The Morgan fingerprint density at radius 3 is 2.09 bits per heavy atom. The lowest BCUT2D eigenvalue weighted by molar-refractivity contribution is -0.239. The minimum absolute atomic E-state index is 0.0215. The molecule has 0 unspecified atom stereocenters. The van der Waals surface area contributed by atoms with Crippen molar-refractivity contribution in [3.05, 3.63) is 71.8 Å². The molecule has 33 heavy (non-hydrogen) atoms. The second-order valence-corrected chi connectivity index (χ2v) is 8.33. The molecule has 1 aliphatic carbocycles. The van der Waals surface area contributed by atoms with Crippen molar-refractivity contribution in [2.24, 2.45) is 0 Å². The van der Waals surface area contributed by atoms with Gasteiger partial charge in [-0.05, 0) is 37.1 Å². The average Bonchev–Trinajstić information content (AvgIpc) is 2.86. The van der Waals surface area contributed by atoms with Gasteiger partial charge in [0.25, 0.3) is 0 Å². The minimum atomic E-state index is -1.19. The highest BCUT2D eigenvalue weighted by Crippen LogP contribution is 2.27. The van der Waals surface area contributed by atoms with Crippen molar-refractivity contribution in [3.63, 3.8) is 0 Å². The number of Topliss-reactive ketones (excluding diaryl/α,β-unsaturated/α-hetero) is 1. The first-order valence-electron chi connectivity index (χ1n) is 11.4. The molecule has 1 saturated heterocycles. The molecule has 1 saturated carbocycles. The molecule has 0 spiro atoms. The first kappa shape index (κ1) is 23.1. The summed E-state index contributed by atoms with van der Waals surface area (Å²) < 4.78 is 23.0. The number of rotatable bonds is 7. The van der Waals surface area contributed by atoms with Gasteiger partial charge in [0, 0.05) is 0 Å². The number of carbonyl (C=O) groups is 3. The molecule has 3 atom stereocenters. The summed E-state index contributed by atoms with van der Waals surface area (Å²) in [6.45, 7) is -0.239. The van der Waals surface area contributed by atoms with E-state index in [-0.39, 0.29) is 24.9 Å². The Balaban J connectivity index is 1.44. The van der Waals surface area contributed by atoms with Gasteiger partial charge in [0.1, 0.15) is 12.7 Å². The van der Waals surface area contributed by atoms with Crippen molar-refractivity contribution in [2.75, 3.05) is 6.61 Å². The van der Waals surface area contributed by atoms with Gasteiger partial charge in [-0.3, -0.25) is 4.79 Å². The number of hydrogen-bond acceptors (Lipinski definition) is 7. The molecule has 174 valence electrons. The predicted octanol–water partition coefficient (Wildman–Crippen LogP) is 4.10. The van der Waals surface area contributed by atoms with Crippen molar-refractivity contribution in [3.8, 4) is 0 Å². The molecule has 2 aliphatic rings. The lowest BCUT2D eigenvalue weighted by Gasteiger charge is -2.36. The molecule has 2 aromatic rings. The fraction of sp³-hybridized carbons (Fsp3) is 0.423. The van der Waals surface area contributed by atoms with Gasteiger partial charge in [-0.15, -0.1) is 0 Å². The Labute approximate surface area is 193 Å². The Morgan fingerprint density at radius 2 is 1.45 bits per heavy atom. The Bertz CT molecular complexity index is 938. The van der Waals surface area contributed by atoms with Crippen molar-refractivity contribution in [1.29, 1.82) is 0 Å². The van der Waals surface area contributed by atoms with Gasteiger partial charge in [-0.2, -0.15) is 0 Å². The van der Waals surface area contributed by atoms with Gasteiger partial charge in [-0.25, -0.2) is 9.59 Å². The number of ketones is 1. The smallest absolute Gasteiger partial charge is 0.338 e. The first-order chi connectivity index (χ1) is 16.1. The van der Waals surface area contributed by atoms with Gasteiger partial charge in [0.05, 0.1) is 23.7 Å². The van der Waals surface area contributed by atoms with E-state index in [0.717, 1.165) is 25.7 Å². The molecule has 1 heterocycles. The summed E-state index contributed by atoms with van der Waals surface area (Å²) in [7, 11) is 0. The fourth-order valence-corrected chi connectivity index (χ4v) is 4.14. The van der Waals surface area contributed by atoms with Crippen LogP contribution in [0.3, 0.4) is 0 Å². The first-order valence-corrected chi connectivity index (χ1v) is 11.4. The number of hydrogen-bond donors (Lipinski definition) is 0. The van der Waals surface area contributed by atoms with Crippen LogP contribution in [0.15, 0.2) is 60.7 Å². The Kier molecular flexibility index (Phi) is 7.86. The monoisotopic (exact) mass is 452 g/mol. The number of ether oxygens (including phenoxy) is 4. The van der Waals surface area contributed by atoms with Crippen molar-refractivity contribution < 1.29 is 33.3 Å². The van der Waals surface area contributed by atoms with Crippen molar-refractivity contribution in [2.45, 2.75) is 63.1 Å². The Morgan fingerprint density at radius 1 is 0.848 bits per heavy atom. The highest BCUT2D eigenvalue weighted by atomic mass is 16.7. The summed E-state index contributed by atoms with van der Waals surface area (Å²) in [5.74, 6) is -1.49. The van der Waals surface area contributed by atoms with Crippen LogP contribution in [-0.4, -0.2) is 48.9 Å². The third kappa shape index (κ3) is 6.27. The fourth-order valence-electron chi connectivity index (χ4n) is 4.14. The van der Waals surface area contributed by atoms with Gasteiger partial charge in [0.15, 0.2) is 18.2 Å². The average molecular weight is 453 g/mol. The molecule has 0 amide bonds. The zero-order valence-corrected chi connectivity index (χ0v) is 18.4. The topological polar surface area (TPSA) is 88.1 Å². The third-order valence-electron chi connectivity index (χ3n) is 5.88. The quantitative estimate of drug-likeness (QED) is 0.585. The summed E-state index contributed by atoms with van der Waals surface area (Å²) in [5, 5.41) is 0. The minimum Gasteiger partial charge on any atom is -0.459 e. The van der Waals surface area contributed by atoms with Crippen LogP contribution in [0.5, 0.6) is 0 Å². The second-order valence-electron chi connectivity index (χ2n) is 8.33. The van der Waals surface area contributed by atoms with Crippen LogP contribution in [0.2, 0.25) is 0 Å². The van der Waals surface area contributed by atoms with Crippen LogP contribution in [-0.2, 0) is 23.7 Å². The number of esters is 2. The largest absolute Gasteiger partial charge is 0.459 e. The normalized spacial score (nSPS) is 23.6. The van der Waals surface area contributed by atoms with Crippen molar-refractivity contribution in [1.82, 2.24) is 0 Å². The molecular weight excluding hydrogens is 424 g/mol. The second kappa shape index (κ2) is 11.2. The van der Waals surface area contributed by atoms with E-state index in [1.54, 1.807) is 60.7 Å². The summed E-state index contributed by atoms with van der Waals surface area (Å²) in [4.78, 5) is 38.0. The maximum absolute atomic E-state index is 13.0. The summed E-state index contributed by atoms with van der Waals surface area (Å²) in [6, 6.07) is 17.0. The highest BCUT2D eigenvalue weighted by molar-refractivity contribution is 5.93. The van der Waals surface area contributed by atoms with Crippen LogP contribution >= 0.6 is 0 Å². The zero-order chi connectivity index (χ0) is 23.0. The number of benzene rings is 2. The van der Waals surface area contributed by atoms with Crippen LogP contribution in [0.4, 0.5) is 0 Å². The molecule has 7 heteroatoms. The molecule has 7 nitrogen and oxygen atoms in total. The Hall–Kier alpha value is -3.03. The SMILES string of the molecule is O=C(OC[C@H]1O[C@H](OC2CCCCC2)CC(=O)[C@@H]1OC(=O)c1ccccc1)c1ccccc1. The van der Waals surface area contributed by atoms with E-state index in [2.05, 4.69) is 0 Å². The van der Waals surface area contributed by atoms with Gasteiger partial charge >= 0.3 is 11.9 Å². The molecule has 0 aromatic heterocycles. The maximum Gasteiger partial charge on any atom is 0.338 e. The third-order valence-corrected chi connectivity index (χ3v) is 5.88. The van der Waals surface area contributed by atoms with E-state index in [9.17, 15) is 14.4 Å². The van der Waals surface area contributed by atoms with E-state index >= 15 is 0 Å². The predicted molar refractivity (Wildman–Crippen MR) is 119 cm³/mol. The lowest BCUT2D eigenvalue weighted by atomic mass is 9.97. The molecule has 0 bridgehead atoms. The van der Waals surface area contributed by atoms with E-state index in [4.69, 9.17) is 18.9 Å². The van der Waals surface area contributed by atoms with E-state index < -0.39 is 30.4 Å². The van der Waals surface area contributed by atoms with Crippen LogP contribution in [0.25, 0.3) is 0 Å². The molecule has 2 aromatic carbocycles. The zero-order valence-electron chi connectivity index (χ0n) is 18.4. The van der Waals surface area contributed by atoms with E-state index in [1.807, 2.05) is 0 Å². The van der Waals surface area contributed by atoms with Crippen LogP contribution in [0, 0.1) is 0 Å². The van der Waals surface area contributed by atoms with Crippen LogP contribution < -0.4 is 0 Å². The molecule has 1 aliphatic heterocycles. The van der Waals surface area contributed by atoms with Crippen molar-refractivity contribution >= 4 is 17.7 Å². The molecule has 0 radical (unpaired) electrons. The molecule has 4 rings (SSSR count). The summed E-state index contributed by atoms with van der Waals surface area (Å²) in [5.41, 5.74) is 0.707. The lowest BCUT2D eigenvalue weighted by Crippen LogP contribution is -2.51. The standard InChI is InChI=1S/C26H28O7/c27-21-16-23(31-20-14-8-3-9-15-20)32-22(17-30-25(28)18-10-4-1-5-11-18)24(21)33-26(29)19-12-6-2-7-13-19/h1-2,4-7,10-13,20,22-24H,3,8-9,14-17H2/t22-,23+,24+/m1/s1. The molecular formula is C26H28O7. The van der Waals surface area contributed by atoms with Crippen LogP contribution in [0.1, 0.15) is 59.2 Å². The summed E-state index contributed by atoms with van der Waals surface area (Å²) in [6.07, 6.45) is 2.31. The molecule has 2 fully saturated rings. The van der Waals surface area contributed by atoms with E-state index in [0.29, 0.717) is 11.1 Å². The highest BCUT2D eigenvalue weighted by Gasteiger charge is 2.42. The maximum atomic E-state index is 13.0. The van der Waals surface area contributed by atoms with Gasteiger partial charge < -0.3 is 18.9 Å². The molecule has 0 N–H and O–H groups in total. The summed E-state index contributed by atoms with van der Waals surface area (Å²) >= 11 is 0. The van der Waals surface area contributed by atoms with E-state index in [1.165, 1.54) is 6.42 Å². The van der Waals surface area contributed by atoms with Gasteiger partial charge in [0.2, 0.25) is 0 Å².